The van der Waals surface area contributed by atoms with Gasteiger partial charge in [-0.3, -0.25) is 15.0 Å². The number of nitro groups is 1. The first-order valence-corrected chi connectivity index (χ1v) is 6.89. The van der Waals surface area contributed by atoms with Crippen LogP contribution in [0.5, 0.6) is 5.75 Å². The van der Waals surface area contributed by atoms with E-state index in [0.717, 1.165) is 18.7 Å². The van der Waals surface area contributed by atoms with E-state index in [1.54, 1.807) is 12.1 Å². The standard InChI is InChI=1S/C14H21N3O3/c1-3-20-14-5-4-12(17(18)19)6-11(14)8-16-7-10(2)13(15)9-16/h4-6,10,13H,3,7-9,15H2,1-2H3. The van der Waals surface area contributed by atoms with Crippen molar-refractivity contribution >= 4 is 5.69 Å². The van der Waals surface area contributed by atoms with Crippen LogP contribution in [0.2, 0.25) is 0 Å². The molecule has 0 radical (unpaired) electrons. The molecule has 0 aliphatic carbocycles. The fraction of sp³-hybridized carbons (Fsp3) is 0.571. The van der Waals surface area contributed by atoms with Gasteiger partial charge in [0.05, 0.1) is 11.5 Å². The Morgan fingerprint density at radius 2 is 2.25 bits per heavy atom. The van der Waals surface area contributed by atoms with Gasteiger partial charge in [0.25, 0.3) is 5.69 Å². The summed E-state index contributed by atoms with van der Waals surface area (Å²) in [6, 6.07) is 4.92. The zero-order valence-corrected chi connectivity index (χ0v) is 11.9. The SMILES string of the molecule is CCOc1ccc([N+](=O)[O-])cc1CN1CC(C)C(N)C1. The second kappa shape index (κ2) is 6.19. The van der Waals surface area contributed by atoms with Crippen LogP contribution in [0.4, 0.5) is 5.69 Å². The fourth-order valence-corrected chi connectivity index (χ4v) is 2.56. The molecule has 0 spiro atoms. The first-order chi connectivity index (χ1) is 9.51. The maximum absolute atomic E-state index is 10.9. The Morgan fingerprint density at radius 3 is 2.80 bits per heavy atom. The molecule has 2 N–H and O–H groups in total. The molecule has 1 aliphatic heterocycles. The van der Waals surface area contributed by atoms with Crippen molar-refractivity contribution < 1.29 is 9.66 Å². The lowest BCUT2D eigenvalue weighted by atomic mass is 10.1. The highest BCUT2D eigenvalue weighted by Gasteiger charge is 2.27. The number of benzene rings is 1. The van der Waals surface area contributed by atoms with E-state index in [1.807, 2.05) is 6.92 Å². The van der Waals surface area contributed by atoms with E-state index >= 15 is 0 Å². The number of ether oxygens (including phenoxy) is 1. The van der Waals surface area contributed by atoms with E-state index in [2.05, 4.69) is 11.8 Å². The summed E-state index contributed by atoms with van der Waals surface area (Å²) in [5.41, 5.74) is 6.96. The summed E-state index contributed by atoms with van der Waals surface area (Å²) in [6.45, 7) is 6.93. The lowest BCUT2D eigenvalue weighted by Crippen LogP contribution is -2.28. The van der Waals surface area contributed by atoms with E-state index < -0.39 is 0 Å². The molecule has 0 aromatic heterocycles. The predicted molar refractivity (Wildman–Crippen MR) is 76.7 cm³/mol. The van der Waals surface area contributed by atoms with Crippen molar-refractivity contribution in [2.24, 2.45) is 11.7 Å². The largest absolute Gasteiger partial charge is 0.494 e. The molecule has 1 aromatic carbocycles. The first-order valence-electron chi connectivity index (χ1n) is 6.89. The van der Waals surface area contributed by atoms with E-state index in [1.165, 1.54) is 6.07 Å². The Labute approximate surface area is 118 Å². The Morgan fingerprint density at radius 1 is 1.50 bits per heavy atom. The molecular formula is C14H21N3O3. The van der Waals surface area contributed by atoms with Gasteiger partial charge in [-0.25, -0.2) is 0 Å². The van der Waals surface area contributed by atoms with Gasteiger partial charge in [-0.2, -0.15) is 0 Å². The molecule has 6 nitrogen and oxygen atoms in total. The van der Waals surface area contributed by atoms with Gasteiger partial charge in [0, 0.05) is 43.4 Å². The topological polar surface area (TPSA) is 81.6 Å². The van der Waals surface area contributed by atoms with Gasteiger partial charge in [-0.15, -0.1) is 0 Å². The lowest BCUT2D eigenvalue weighted by molar-refractivity contribution is -0.385. The Bertz CT molecular complexity index is 483. The minimum atomic E-state index is -0.377. The average molecular weight is 279 g/mol. The van der Waals surface area contributed by atoms with Crippen LogP contribution in [-0.2, 0) is 6.54 Å². The van der Waals surface area contributed by atoms with E-state index in [-0.39, 0.29) is 16.7 Å². The highest BCUT2D eigenvalue weighted by Crippen LogP contribution is 2.27. The number of likely N-dealkylation sites (tertiary alicyclic amines) is 1. The van der Waals surface area contributed by atoms with Crippen molar-refractivity contribution in [3.05, 3.63) is 33.9 Å². The zero-order valence-electron chi connectivity index (χ0n) is 11.9. The minimum absolute atomic E-state index is 0.0972. The maximum atomic E-state index is 10.9. The Kier molecular flexibility index (Phi) is 4.57. The van der Waals surface area contributed by atoms with E-state index in [4.69, 9.17) is 10.5 Å². The Hall–Kier alpha value is -1.66. The molecule has 6 heteroatoms. The maximum Gasteiger partial charge on any atom is 0.270 e. The van der Waals surface area contributed by atoms with Gasteiger partial charge >= 0.3 is 0 Å². The number of nitrogens with two attached hydrogens (primary N) is 1. The zero-order chi connectivity index (χ0) is 14.7. The second-order valence-corrected chi connectivity index (χ2v) is 5.32. The number of hydrogen-bond acceptors (Lipinski definition) is 5. The molecule has 0 bridgehead atoms. The molecule has 2 atom stereocenters. The molecule has 1 saturated heterocycles. The molecule has 110 valence electrons. The summed E-state index contributed by atoms with van der Waals surface area (Å²) in [6.07, 6.45) is 0. The van der Waals surface area contributed by atoms with Gasteiger partial charge in [0.1, 0.15) is 5.75 Å². The van der Waals surface area contributed by atoms with Crippen LogP contribution in [0, 0.1) is 16.0 Å². The molecule has 0 saturated carbocycles. The van der Waals surface area contributed by atoms with Gasteiger partial charge in [-0.05, 0) is 18.9 Å². The number of hydrogen-bond donors (Lipinski definition) is 1. The summed E-state index contributed by atoms with van der Waals surface area (Å²) in [4.78, 5) is 12.7. The highest BCUT2D eigenvalue weighted by atomic mass is 16.6. The number of non-ortho nitro benzene ring substituents is 1. The molecular weight excluding hydrogens is 258 g/mol. The monoisotopic (exact) mass is 279 g/mol. The van der Waals surface area contributed by atoms with Gasteiger partial charge in [0.2, 0.25) is 0 Å². The van der Waals surface area contributed by atoms with Crippen molar-refractivity contribution in [1.29, 1.82) is 0 Å². The second-order valence-electron chi connectivity index (χ2n) is 5.32. The van der Waals surface area contributed by atoms with E-state index in [0.29, 0.717) is 24.8 Å². The van der Waals surface area contributed by atoms with Crippen molar-refractivity contribution in [1.82, 2.24) is 4.90 Å². The third kappa shape index (κ3) is 3.26. The Balaban J connectivity index is 2.19. The van der Waals surface area contributed by atoms with Crippen molar-refractivity contribution in [2.75, 3.05) is 19.7 Å². The normalized spacial score (nSPS) is 22.9. The van der Waals surface area contributed by atoms with Gasteiger partial charge in [0.15, 0.2) is 0 Å². The van der Waals surface area contributed by atoms with Crippen LogP contribution in [0.1, 0.15) is 19.4 Å². The van der Waals surface area contributed by atoms with Crippen molar-refractivity contribution in [3.63, 3.8) is 0 Å². The van der Waals surface area contributed by atoms with Crippen molar-refractivity contribution in [3.8, 4) is 5.75 Å². The molecule has 1 heterocycles. The molecule has 0 amide bonds. The smallest absolute Gasteiger partial charge is 0.270 e. The molecule has 1 fully saturated rings. The van der Waals surface area contributed by atoms with Crippen LogP contribution in [0.25, 0.3) is 0 Å². The molecule has 2 unspecified atom stereocenters. The summed E-state index contributed by atoms with van der Waals surface area (Å²) < 4.78 is 5.56. The number of nitrogens with zero attached hydrogens (tertiary/aromatic N) is 2. The summed E-state index contributed by atoms with van der Waals surface area (Å²) in [5.74, 6) is 1.16. The van der Waals surface area contributed by atoms with Gasteiger partial charge < -0.3 is 10.5 Å². The molecule has 1 aromatic rings. The van der Waals surface area contributed by atoms with Crippen LogP contribution < -0.4 is 10.5 Å². The lowest BCUT2D eigenvalue weighted by Gasteiger charge is -2.17. The van der Waals surface area contributed by atoms with Gasteiger partial charge in [-0.1, -0.05) is 6.92 Å². The van der Waals surface area contributed by atoms with Crippen LogP contribution in [-0.4, -0.2) is 35.6 Å². The van der Waals surface area contributed by atoms with Crippen LogP contribution in [0.3, 0.4) is 0 Å². The van der Waals surface area contributed by atoms with Crippen LogP contribution >= 0.6 is 0 Å². The van der Waals surface area contributed by atoms with Crippen molar-refractivity contribution in [2.45, 2.75) is 26.4 Å². The number of rotatable bonds is 5. The molecule has 20 heavy (non-hydrogen) atoms. The first kappa shape index (κ1) is 14.7. The third-order valence-corrected chi connectivity index (χ3v) is 3.69. The summed E-state index contributed by atoms with van der Waals surface area (Å²) in [7, 11) is 0. The van der Waals surface area contributed by atoms with Crippen LogP contribution in [0.15, 0.2) is 18.2 Å². The summed E-state index contributed by atoms with van der Waals surface area (Å²) in [5, 5.41) is 10.9. The minimum Gasteiger partial charge on any atom is -0.494 e. The molecule has 1 aliphatic rings. The molecule has 2 rings (SSSR count). The summed E-state index contributed by atoms with van der Waals surface area (Å²) >= 11 is 0. The quantitative estimate of drug-likeness (QED) is 0.656. The highest BCUT2D eigenvalue weighted by molar-refractivity contribution is 5.43. The number of nitro benzene ring substituents is 1. The predicted octanol–water partition coefficient (Wildman–Crippen LogP) is 1.77. The fourth-order valence-electron chi connectivity index (χ4n) is 2.56. The van der Waals surface area contributed by atoms with E-state index in [9.17, 15) is 10.1 Å². The average Bonchev–Trinajstić information content (AvgIpc) is 2.70. The third-order valence-electron chi connectivity index (χ3n) is 3.69.